The first-order valence-corrected chi connectivity index (χ1v) is 4.19. The molecule has 2 rings (SSSR count). The Morgan fingerprint density at radius 3 is 3.00 bits per heavy atom. The molecule has 6 heteroatoms. The van der Waals surface area contributed by atoms with E-state index >= 15 is 0 Å². The van der Waals surface area contributed by atoms with E-state index in [1.165, 1.54) is 18.5 Å². The zero-order valence-electron chi connectivity index (χ0n) is 7.68. The maximum absolute atomic E-state index is 11.6. The van der Waals surface area contributed by atoms with Gasteiger partial charge in [0.1, 0.15) is 12.1 Å². The van der Waals surface area contributed by atoms with Gasteiger partial charge in [0.2, 0.25) is 0 Å². The Morgan fingerprint density at radius 2 is 2.33 bits per heavy atom. The molecule has 0 bridgehead atoms. The minimum Gasteiger partial charge on any atom is -0.384 e. The molecule has 0 aliphatic rings. The average Bonchev–Trinajstić information content (AvgIpc) is 2.70. The number of nitrogens with two attached hydrogens (primary N) is 1. The topological polar surface area (TPSA) is 94.0 Å². The molecule has 2 aromatic rings. The predicted octanol–water partition coefficient (Wildman–Crippen LogP) is 0.904. The minimum absolute atomic E-state index is 0.294. The monoisotopic (exact) mass is 204 g/mol. The molecule has 6 nitrogen and oxygen atoms in total. The molecule has 15 heavy (non-hydrogen) atoms. The number of hydrogen-bond acceptors (Lipinski definition) is 5. The van der Waals surface area contributed by atoms with Gasteiger partial charge in [-0.3, -0.25) is 4.79 Å². The third-order valence-electron chi connectivity index (χ3n) is 1.72. The lowest BCUT2D eigenvalue weighted by molar-refractivity contribution is 0.102. The van der Waals surface area contributed by atoms with Crippen molar-refractivity contribution in [2.45, 2.75) is 0 Å². The quantitative estimate of drug-likeness (QED) is 0.758. The summed E-state index contributed by atoms with van der Waals surface area (Å²) in [4.78, 5) is 15.4. The molecule has 0 radical (unpaired) electrons. The van der Waals surface area contributed by atoms with E-state index in [-0.39, 0.29) is 5.91 Å². The molecule has 2 aromatic heterocycles. The summed E-state index contributed by atoms with van der Waals surface area (Å²) < 4.78 is 4.57. The Bertz CT molecular complexity index is 467. The van der Waals surface area contributed by atoms with Gasteiger partial charge < -0.3 is 15.6 Å². The number of pyridine rings is 1. The van der Waals surface area contributed by atoms with Crippen LogP contribution in [-0.2, 0) is 0 Å². The molecule has 0 saturated heterocycles. The van der Waals surface area contributed by atoms with E-state index in [0.29, 0.717) is 17.2 Å². The van der Waals surface area contributed by atoms with Crippen LogP contribution in [0.2, 0.25) is 0 Å². The predicted molar refractivity (Wildman–Crippen MR) is 53.1 cm³/mol. The number of nitrogens with zero attached hydrogens (tertiary/aromatic N) is 2. The molecule has 0 unspecified atom stereocenters. The first-order chi connectivity index (χ1) is 7.25. The summed E-state index contributed by atoms with van der Waals surface area (Å²) in [6.07, 6.45) is 2.84. The zero-order chi connectivity index (χ0) is 10.7. The second kappa shape index (κ2) is 3.79. The summed E-state index contributed by atoms with van der Waals surface area (Å²) in [5, 5.41) is 6.09. The smallest absolute Gasteiger partial charge is 0.257 e. The molecular weight excluding hydrogens is 196 g/mol. The van der Waals surface area contributed by atoms with E-state index in [1.807, 2.05) is 0 Å². The van der Waals surface area contributed by atoms with Gasteiger partial charge in [-0.05, 0) is 12.1 Å². The van der Waals surface area contributed by atoms with Crippen LogP contribution in [0.25, 0.3) is 0 Å². The van der Waals surface area contributed by atoms with Crippen LogP contribution in [0.3, 0.4) is 0 Å². The van der Waals surface area contributed by atoms with Crippen molar-refractivity contribution in [3.05, 3.63) is 36.2 Å². The molecular formula is C9H8N4O2. The van der Waals surface area contributed by atoms with Crippen molar-refractivity contribution in [1.29, 1.82) is 0 Å². The van der Waals surface area contributed by atoms with Gasteiger partial charge in [0.15, 0.2) is 5.82 Å². The van der Waals surface area contributed by atoms with Crippen molar-refractivity contribution in [3.63, 3.8) is 0 Å². The SMILES string of the molecule is Nc1cc(C(=O)Nc2ccon2)ccn1. The van der Waals surface area contributed by atoms with Crippen LogP contribution >= 0.6 is 0 Å². The van der Waals surface area contributed by atoms with Gasteiger partial charge in [-0.25, -0.2) is 4.98 Å². The van der Waals surface area contributed by atoms with Crippen molar-refractivity contribution < 1.29 is 9.32 Å². The second-order valence-corrected chi connectivity index (χ2v) is 2.81. The van der Waals surface area contributed by atoms with Crippen LogP contribution in [-0.4, -0.2) is 16.0 Å². The Hall–Kier alpha value is -2.37. The van der Waals surface area contributed by atoms with Crippen molar-refractivity contribution >= 4 is 17.5 Å². The van der Waals surface area contributed by atoms with Crippen molar-refractivity contribution in [2.75, 3.05) is 11.1 Å². The number of carbonyl (C=O) groups excluding carboxylic acids is 1. The van der Waals surface area contributed by atoms with Crippen molar-refractivity contribution in [3.8, 4) is 0 Å². The standard InChI is InChI=1S/C9H8N4O2/c10-7-5-6(1-3-11-7)9(14)12-8-2-4-15-13-8/h1-5H,(H2,10,11)(H,12,13,14). The number of carbonyl (C=O) groups is 1. The number of hydrogen-bond donors (Lipinski definition) is 2. The number of nitrogens with one attached hydrogen (secondary N) is 1. The highest BCUT2D eigenvalue weighted by atomic mass is 16.5. The molecule has 0 aromatic carbocycles. The van der Waals surface area contributed by atoms with Crippen molar-refractivity contribution in [1.82, 2.24) is 10.1 Å². The summed E-state index contributed by atoms with van der Waals surface area (Å²) in [6, 6.07) is 4.59. The number of rotatable bonds is 2. The maximum atomic E-state index is 11.6. The summed E-state index contributed by atoms with van der Waals surface area (Å²) in [5.41, 5.74) is 5.87. The molecule has 0 aliphatic heterocycles. The third kappa shape index (κ3) is 2.11. The molecule has 1 amide bonds. The third-order valence-corrected chi connectivity index (χ3v) is 1.72. The van der Waals surface area contributed by atoms with Crippen LogP contribution in [0.4, 0.5) is 11.6 Å². The molecule has 0 fully saturated rings. The molecule has 2 heterocycles. The highest BCUT2D eigenvalue weighted by Crippen LogP contribution is 2.07. The van der Waals surface area contributed by atoms with Gasteiger partial charge in [0.25, 0.3) is 5.91 Å². The van der Waals surface area contributed by atoms with E-state index in [9.17, 15) is 4.79 Å². The van der Waals surface area contributed by atoms with Gasteiger partial charge in [0, 0.05) is 17.8 Å². The van der Waals surface area contributed by atoms with Gasteiger partial charge in [-0.2, -0.15) is 0 Å². The van der Waals surface area contributed by atoms with Crippen molar-refractivity contribution in [2.24, 2.45) is 0 Å². The maximum Gasteiger partial charge on any atom is 0.257 e. The zero-order valence-corrected chi connectivity index (χ0v) is 7.68. The molecule has 0 saturated carbocycles. The highest BCUT2D eigenvalue weighted by Gasteiger charge is 2.07. The molecule has 0 spiro atoms. The fourth-order valence-electron chi connectivity index (χ4n) is 1.06. The molecule has 3 N–H and O–H groups in total. The molecule has 0 aliphatic carbocycles. The van der Waals surface area contributed by atoms with E-state index in [0.717, 1.165) is 0 Å². The lowest BCUT2D eigenvalue weighted by Crippen LogP contribution is -2.12. The minimum atomic E-state index is -0.307. The van der Waals surface area contributed by atoms with Crippen LogP contribution in [0.5, 0.6) is 0 Å². The first-order valence-electron chi connectivity index (χ1n) is 4.19. The Balaban J connectivity index is 2.15. The summed E-state index contributed by atoms with van der Waals surface area (Å²) in [5.74, 6) is 0.344. The van der Waals surface area contributed by atoms with Gasteiger partial charge in [0.05, 0.1) is 0 Å². The largest absolute Gasteiger partial charge is 0.384 e. The summed E-state index contributed by atoms with van der Waals surface area (Å²) in [6.45, 7) is 0. The lowest BCUT2D eigenvalue weighted by atomic mass is 10.2. The summed E-state index contributed by atoms with van der Waals surface area (Å²) in [7, 11) is 0. The Morgan fingerprint density at radius 1 is 1.47 bits per heavy atom. The van der Waals surface area contributed by atoms with Gasteiger partial charge in [-0.1, -0.05) is 5.16 Å². The Kier molecular flexibility index (Phi) is 2.32. The normalized spacial score (nSPS) is 9.87. The molecule has 76 valence electrons. The van der Waals surface area contributed by atoms with E-state index in [1.54, 1.807) is 12.1 Å². The number of amides is 1. The number of aromatic nitrogens is 2. The summed E-state index contributed by atoms with van der Waals surface area (Å²) >= 11 is 0. The van der Waals surface area contributed by atoms with Gasteiger partial charge in [-0.15, -0.1) is 0 Å². The first kappa shape index (κ1) is 9.20. The highest BCUT2D eigenvalue weighted by molar-refractivity contribution is 6.03. The lowest BCUT2D eigenvalue weighted by Gasteiger charge is -2.01. The fourth-order valence-corrected chi connectivity index (χ4v) is 1.06. The number of nitrogen functional groups attached to an aromatic ring is 1. The van der Waals surface area contributed by atoms with Gasteiger partial charge >= 0.3 is 0 Å². The molecule has 0 atom stereocenters. The van der Waals surface area contributed by atoms with E-state index < -0.39 is 0 Å². The fraction of sp³-hybridized carbons (Fsp3) is 0. The second-order valence-electron chi connectivity index (χ2n) is 2.81. The Labute approximate surface area is 85.1 Å². The average molecular weight is 204 g/mol. The van der Waals surface area contributed by atoms with E-state index in [2.05, 4.69) is 20.0 Å². The van der Waals surface area contributed by atoms with Crippen LogP contribution in [0.15, 0.2) is 35.2 Å². The van der Waals surface area contributed by atoms with Crippen LogP contribution in [0, 0.1) is 0 Å². The number of anilines is 2. The van der Waals surface area contributed by atoms with Crippen LogP contribution < -0.4 is 11.1 Å². The van der Waals surface area contributed by atoms with Crippen LogP contribution in [0.1, 0.15) is 10.4 Å². The van der Waals surface area contributed by atoms with E-state index in [4.69, 9.17) is 5.73 Å².